The highest BCUT2D eigenvalue weighted by atomic mass is 32.1. The van der Waals surface area contributed by atoms with Crippen molar-refractivity contribution in [1.82, 2.24) is 5.32 Å². The Morgan fingerprint density at radius 3 is 3.05 bits per heavy atom. The first kappa shape index (κ1) is 13.8. The van der Waals surface area contributed by atoms with Crippen LogP contribution in [0.1, 0.15) is 21.9 Å². The number of rotatable bonds is 8. The van der Waals surface area contributed by atoms with Crippen molar-refractivity contribution in [3.63, 3.8) is 0 Å². The van der Waals surface area contributed by atoms with Gasteiger partial charge in [0.05, 0.1) is 6.26 Å². The molecule has 100 valence electrons. The first-order valence-electron chi connectivity index (χ1n) is 6.18. The van der Waals surface area contributed by atoms with Gasteiger partial charge in [-0.15, -0.1) is 11.3 Å². The minimum absolute atomic E-state index is 0.531. The molecule has 0 aliphatic carbocycles. The molecule has 0 saturated heterocycles. The Hall–Kier alpha value is -1.61. The minimum atomic E-state index is 0.531. The summed E-state index contributed by atoms with van der Waals surface area (Å²) in [5, 5.41) is 12.0. The molecule has 5 heteroatoms. The summed E-state index contributed by atoms with van der Waals surface area (Å²) >= 11 is 1.53. The van der Waals surface area contributed by atoms with Crippen molar-refractivity contribution in [2.24, 2.45) is 0 Å². The summed E-state index contributed by atoms with van der Waals surface area (Å²) in [6.07, 6.45) is 2.61. The van der Waals surface area contributed by atoms with Crippen molar-refractivity contribution < 1.29 is 9.15 Å². The fourth-order valence-corrected chi connectivity index (χ4v) is 2.39. The molecule has 0 saturated carbocycles. The molecule has 0 spiro atoms. The average Bonchev–Trinajstić information content (AvgIpc) is 3.08. The second-order valence-corrected chi connectivity index (χ2v) is 5.21. The van der Waals surface area contributed by atoms with Crippen LogP contribution in [-0.4, -0.2) is 13.2 Å². The van der Waals surface area contributed by atoms with E-state index in [0.717, 1.165) is 30.1 Å². The lowest BCUT2D eigenvalue weighted by atomic mass is 10.4. The minimum Gasteiger partial charge on any atom is -0.467 e. The van der Waals surface area contributed by atoms with Crippen LogP contribution in [0.4, 0.5) is 0 Å². The number of ether oxygens (including phenoxy) is 1. The third-order valence-electron chi connectivity index (χ3n) is 2.54. The summed E-state index contributed by atoms with van der Waals surface area (Å²) in [4.78, 5) is 1.95. The van der Waals surface area contributed by atoms with Gasteiger partial charge in [0.2, 0.25) is 0 Å². The normalized spacial score (nSPS) is 10.5. The molecule has 0 aliphatic heterocycles. The molecule has 19 heavy (non-hydrogen) atoms. The predicted molar refractivity (Wildman–Crippen MR) is 73.7 cm³/mol. The number of nitrogens with one attached hydrogen (secondary N) is 1. The van der Waals surface area contributed by atoms with E-state index < -0.39 is 0 Å². The van der Waals surface area contributed by atoms with Gasteiger partial charge in [-0.05, 0) is 37.2 Å². The summed E-state index contributed by atoms with van der Waals surface area (Å²) in [5.74, 6) is 0.857. The van der Waals surface area contributed by atoms with Crippen LogP contribution in [0.5, 0.6) is 0 Å². The molecule has 0 bridgehead atoms. The highest BCUT2D eigenvalue weighted by molar-refractivity contribution is 7.12. The summed E-state index contributed by atoms with van der Waals surface area (Å²) in [7, 11) is 0. The molecule has 2 aromatic rings. The van der Waals surface area contributed by atoms with E-state index in [1.54, 1.807) is 6.26 Å². The number of nitriles is 1. The molecule has 0 atom stereocenters. The maximum absolute atomic E-state index is 8.71. The van der Waals surface area contributed by atoms with Crippen molar-refractivity contribution in [2.75, 3.05) is 13.2 Å². The van der Waals surface area contributed by atoms with Gasteiger partial charge in [0.15, 0.2) is 0 Å². The molecule has 0 radical (unpaired) electrons. The summed E-state index contributed by atoms with van der Waals surface area (Å²) in [5.41, 5.74) is 0. The predicted octanol–water partition coefficient (Wildman–Crippen LogP) is 2.91. The van der Waals surface area contributed by atoms with E-state index in [0.29, 0.717) is 13.2 Å². The van der Waals surface area contributed by atoms with Gasteiger partial charge in [-0.25, -0.2) is 0 Å². The topological polar surface area (TPSA) is 58.2 Å². The molecule has 2 heterocycles. The van der Waals surface area contributed by atoms with Gasteiger partial charge in [0, 0.05) is 18.0 Å². The van der Waals surface area contributed by atoms with E-state index >= 15 is 0 Å². The number of nitrogens with zero attached hydrogens (tertiary/aromatic N) is 1. The average molecular weight is 276 g/mol. The van der Waals surface area contributed by atoms with Gasteiger partial charge < -0.3 is 14.5 Å². The lowest BCUT2D eigenvalue weighted by Crippen LogP contribution is -2.15. The van der Waals surface area contributed by atoms with Crippen molar-refractivity contribution in [3.8, 4) is 6.07 Å². The van der Waals surface area contributed by atoms with Crippen molar-refractivity contribution in [1.29, 1.82) is 5.26 Å². The zero-order valence-electron chi connectivity index (χ0n) is 10.6. The fourth-order valence-electron chi connectivity index (χ4n) is 1.61. The molecule has 0 aliphatic rings. The number of hydrogen-bond donors (Lipinski definition) is 1. The molecule has 0 fully saturated rings. The van der Waals surface area contributed by atoms with Crippen LogP contribution in [0.3, 0.4) is 0 Å². The van der Waals surface area contributed by atoms with Crippen molar-refractivity contribution >= 4 is 11.3 Å². The summed E-state index contributed by atoms with van der Waals surface area (Å²) in [6, 6.07) is 9.75. The molecule has 0 unspecified atom stereocenters. The van der Waals surface area contributed by atoms with Crippen LogP contribution < -0.4 is 5.32 Å². The van der Waals surface area contributed by atoms with Gasteiger partial charge in [-0.1, -0.05) is 0 Å². The van der Waals surface area contributed by atoms with Gasteiger partial charge in [0.1, 0.15) is 23.3 Å². The second-order valence-electron chi connectivity index (χ2n) is 4.04. The molecule has 1 N–H and O–H groups in total. The van der Waals surface area contributed by atoms with Crippen LogP contribution in [0, 0.1) is 11.3 Å². The van der Waals surface area contributed by atoms with E-state index in [1.165, 1.54) is 16.2 Å². The van der Waals surface area contributed by atoms with Gasteiger partial charge in [-0.3, -0.25) is 0 Å². The quantitative estimate of drug-likeness (QED) is 0.753. The monoisotopic (exact) mass is 276 g/mol. The standard InChI is InChI=1S/C14H16N2O2S/c15-9-13-4-5-14(19-13)10-16-6-2-7-17-11-12-3-1-8-18-12/h1,3-5,8,16H,2,6-7,10-11H2. The third-order valence-corrected chi connectivity index (χ3v) is 3.53. The van der Waals surface area contributed by atoms with Gasteiger partial charge >= 0.3 is 0 Å². The zero-order chi connectivity index (χ0) is 13.3. The Kier molecular flexibility index (Phi) is 5.63. The summed E-state index contributed by atoms with van der Waals surface area (Å²) < 4.78 is 10.6. The number of hydrogen-bond acceptors (Lipinski definition) is 5. The summed E-state index contributed by atoms with van der Waals surface area (Å²) in [6.45, 7) is 2.95. The number of thiophene rings is 1. The molecule has 0 amide bonds. The van der Waals surface area contributed by atoms with Crippen LogP contribution in [0.15, 0.2) is 34.9 Å². The Balaban J connectivity index is 1.49. The number of furan rings is 1. The van der Waals surface area contributed by atoms with E-state index in [-0.39, 0.29) is 0 Å². The van der Waals surface area contributed by atoms with E-state index in [2.05, 4.69) is 11.4 Å². The molecular weight excluding hydrogens is 260 g/mol. The Labute approximate surface area is 116 Å². The molecule has 0 aromatic carbocycles. The Morgan fingerprint density at radius 2 is 2.32 bits per heavy atom. The van der Waals surface area contributed by atoms with E-state index in [1.807, 2.05) is 24.3 Å². The van der Waals surface area contributed by atoms with Gasteiger partial charge in [0.25, 0.3) is 0 Å². The van der Waals surface area contributed by atoms with Gasteiger partial charge in [-0.2, -0.15) is 5.26 Å². The molecule has 2 rings (SSSR count). The fraction of sp³-hybridized carbons (Fsp3) is 0.357. The van der Waals surface area contributed by atoms with Crippen LogP contribution in [-0.2, 0) is 17.9 Å². The van der Waals surface area contributed by atoms with Crippen LogP contribution in [0.2, 0.25) is 0 Å². The molecular formula is C14H16N2O2S. The van der Waals surface area contributed by atoms with Crippen LogP contribution >= 0.6 is 11.3 Å². The maximum atomic E-state index is 8.71. The van der Waals surface area contributed by atoms with E-state index in [9.17, 15) is 0 Å². The molecule has 2 aromatic heterocycles. The highest BCUT2D eigenvalue weighted by Gasteiger charge is 1.99. The van der Waals surface area contributed by atoms with E-state index in [4.69, 9.17) is 14.4 Å². The lowest BCUT2D eigenvalue weighted by molar-refractivity contribution is 0.104. The van der Waals surface area contributed by atoms with Crippen molar-refractivity contribution in [2.45, 2.75) is 19.6 Å². The lowest BCUT2D eigenvalue weighted by Gasteiger charge is -2.04. The molecule has 4 nitrogen and oxygen atoms in total. The Bertz CT molecular complexity index is 514. The first-order valence-corrected chi connectivity index (χ1v) is 7.00. The second kappa shape index (κ2) is 7.74. The van der Waals surface area contributed by atoms with Crippen molar-refractivity contribution in [3.05, 3.63) is 46.0 Å². The highest BCUT2D eigenvalue weighted by Crippen LogP contribution is 2.14. The third kappa shape index (κ3) is 4.87. The Morgan fingerprint density at radius 1 is 1.37 bits per heavy atom. The smallest absolute Gasteiger partial charge is 0.129 e. The zero-order valence-corrected chi connectivity index (χ0v) is 11.4. The first-order chi connectivity index (χ1) is 9.38. The van der Waals surface area contributed by atoms with Crippen LogP contribution in [0.25, 0.3) is 0 Å². The SMILES string of the molecule is N#Cc1ccc(CNCCCOCc2ccco2)s1. The largest absolute Gasteiger partial charge is 0.467 e. The maximum Gasteiger partial charge on any atom is 0.129 e.